The summed E-state index contributed by atoms with van der Waals surface area (Å²) in [4.78, 5) is 12.0. The number of aliphatic hydroxyl groups excluding tert-OH is 1. The zero-order valence-electron chi connectivity index (χ0n) is 23.8. The predicted octanol–water partition coefficient (Wildman–Crippen LogP) is 9.31. The lowest BCUT2D eigenvalue weighted by Gasteiger charge is -2.15. The van der Waals surface area contributed by atoms with Crippen LogP contribution < -0.4 is 0 Å². The van der Waals surface area contributed by atoms with Gasteiger partial charge >= 0.3 is 5.97 Å². The average Bonchev–Trinajstić information content (AvgIpc) is 2.86. The maximum absolute atomic E-state index is 12.0. The second-order valence-corrected chi connectivity index (χ2v) is 10.5. The van der Waals surface area contributed by atoms with Gasteiger partial charge in [0.15, 0.2) is 0 Å². The summed E-state index contributed by atoms with van der Waals surface area (Å²) in [6.45, 7) is 5.32. The molecule has 0 heterocycles. The number of unbranched alkanes of at least 4 members (excludes halogenated alkanes) is 21. The fourth-order valence-electron chi connectivity index (χ4n) is 4.56. The van der Waals surface area contributed by atoms with Gasteiger partial charge in [-0.3, -0.25) is 4.79 Å². The van der Waals surface area contributed by atoms with Gasteiger partial charge in [-0.15, -0.1) is 0 Å². The van der Waals surface area contributed by atoms with Crippen LogP contribution in [0.2, 0.25) is 0 Å². The molecule has 0 aliphatic carbocycles. The van der Waals surface area contributed by atoms with E-state index >= 15 is 0 Å². The Morgan fingerprint density at radius 1 is 0.571 bits per heavy atom. The van der Waals surface area contributed by atoms with Crippen molar-refractivity contribution < 1.29 is 19.4 Å². The molecule has 4 nitrogen and oxygen atoms in total. The molecule has 0 bridgehead atoms. The van der Waals surface area contributed by atoms with Gasteiger partial charge in [0.25, 0.3) is 0 Å². The number of carbonyl (C=O) groups excluding carboxylic acids is 1. The van der Waals surface area contributed by atoms with Crippen LogP contribution in [-0.2, 0) is 14.3 Å². The predicted molar refractivity (Wildman–Crippen MR) is 150 cm³/mol. The van der Waals surface area contributed by atoms with Crippen molar-refractivity contribution in [1.29, 1.82) is 0 Å². The molecule has 0 radical (unpaired) electrons. The average molecular weight is 499 g/mol. The van der Waals surface area contributed by atoms with Gasteiger partial charge in [-0.2, -0.15) is 0 Å². The van der Waals surface area contributed by atoms with Crippen molar-refractivity contribution in [3.63, 3.8) is 0 Å². The molecule has 1 unspecified atom stereocenters. The number of hydrogen-bond acceptors (Lipinski definition) is 4. The number of hydrogen-bond donors (Lipinski definition) is 1. The van der Waals surface area contributed by atoms with Crippen LogP contribution in [-0.4, -0.2) is 37.0 Å². The second kappa shape index (κ2) is 29.6. The SMILES string of the molecule is CCCCCCCCCCCCCCCCCCCC(=O)OC(CO)COCCCCCCCC. The molecule has 0 spiro atoms. The Labute approximate surface area is 219 Å². The van der Waals surface area contributed by atoms with Gasteiger partial charge in [-0.25, -0.2) is 0 Å². The van der Waals surface area contributed by atoms with Crippen LogP contribution in [0, 0.1) is 0 Å². The molecule has 0 aromatic carbocycles. The van der Waals surface area contributed by atoms with Crippen LogP contribution in [0.5, 0.6) is 0 Å². The van der Waals surface area contributed by atoms with Gasteiger partial charge < -0.3 is 14.6 Å². The number of ether oxygens (including phenoxy) is 2. The molecule has 0 fully saturated rings. The van der Waals surface area contributed by atoms with Crippen molar-refractivity contribution in [1.82, 2.24) is 0 Å². The monoisotopic (exact) mass is 498 g/mol. The topological polar surface area (TPSA) is 55.8 Å². The quantitative estimate of drug-likeness (QED) is 0.0824. The van der Waals surface area contributed by atoms with E-state index in [1.807, 2.05) is 0 Å². The smallest absolute Gasteiger partial charge is 0.306 e. The summed E-state index contributed by atoms with van der Waals surface area (Å²) in [5.41, 5.74) is 0. The van der Waals surface area contributed by atoms with Crippen molar-refractivity contribution >= 4 is 5.97 Å². The molecule has 0 aliphatic rings. The van der Waals surface area contributed by atoms with E-state index < -0.39 is 6.10 Å². The number of aliphatic hydroxyl groups is 1. The molecule has 0 aromatic rings. The Balaban J connectivity index is 3.36. The third-order valence-electron chi connectivity index (χ3n) is 6.93. The normalized spacial score (nSPS) is 12.2. The highest BCUT2D eigenvalue weighted by molar-refractivity contribution is 5.69. The lowest BCUT2D eigenvalue weighted by atomic mass is 10.0. The van der Waals surface area contributed by atoms with Crippen molar-refractivity contribution in [3.8, 4) is 0 Å². The highest BCUT2D eigenvalue weighted by Gasteiger charge is 2.13. The van der Waals surface area contributed by atoms with Gasteiger partial charge in [0.05, 0.1) is 13.2 Å². The third kappa shape index (κ3) is 27.8. The standard InChI is InChI=1S/C31H62O4/c1-3-5-7-9-11-12-13-14-15-16-17-18-19-20-21-22-24-26-31(33)35-30(28-32)29-34-27-25-23-10-8-6-4-2/h30,32H,3-29H2,1-2H3. The van der Waals surface area contributed by atoms with Crippen LogP contribution in [0.4, 0.5) is 0 Å². The number of carbonyl (C=O) groups is 1. The fourth-order valence-corrected chi connectivity index (χ4v) is 4.56. The van der Waals surface area contributed by atoms with Crippen molar-refractivity contribution in [2.75, 3.05) is 19.8 Å². The third-order valence-corrected chi connectivity index (χ3v) is 6.93. The lowest BCUT2D eigenvalue weighted by molar-refractivity contribution is -0.154. The van der Waals surface area contributed by atoms with E-state index in [2.05, 4.69) is 13.8 Å². The molecule has 0 amide bonds. The largest absolute Gasteiger partial charge is 0.457 e. The molecule has 0 aromatic heterocycles. The van der Waals surface area contributed by atoms with E-state index in [1.54, 1.807) is 0 Å². The van der Waals surface area contributed by atoms with Crippen molar-refractivity contribution in [2.45, 2.75) is 174 Å². The number of rotatable bonds is 29. The Hall–Kier alpha value is -0.610. The van der Waals surface area contributed by atoms with Crippen LogP contribution in [0.15, 0.2) is 0 Å². The van der Waals surface area contributed by atoms with E-state index in [-0.39, 0.29) is 12.6 Å². The van der Waals surface area contributed by atoms with Crippen molar-refractivity contribution in [2.24, 2.45) is 0 Å². The van der Waals surface area contributed by atoms with E-state index in [0.29, 0.717) is 19.6 Å². The molecule has 1 N–H and O–H groups in total. The van der Waals surface area contributed by atoms with Gasteiger partial charge in [0, 0.05) is 13.0 Å². The maximum Gasteiger partial charge on any atom is 0.306 e. The lowest BCUT2D eigenvalue weighted by Crippen LogP contribution is -2.27. The van der Waals surface area contributed by atoms with Gasteiger partial charge in [0.1, 0.15) is 6.10 Å². The minimum atomic E-state index is -0.520. The first-order valence-corrected chi connectivity index (χ1v) is 15.6. The zero-order chi connectivity index (χ0) is 25.7. The first-order chi connectivity index (χ1) is 17.2. The van der Waals surface area contributed by atoms with E-state index in [9.17, 15) is 9.90 Å². The van der Waals surface area contributed by atoms with Gasteiger partial charge in [-0.1, -0.05) is 149 Å². The first-order valence-electron chi connectivity index (χ1n) is 15.6. The molecule has 0 rings (SSSR count). The molecule has 4 heteroatoms. The summed E-state index contributed by atoms with van der Waals surface area (Å²) in [7, 11) is 0. The van der Waals surface area contributed by atoms with Crippen LogP contribution in [0.3, 0.4) is 0 Å². The summed E-state index contributed by atoms with van der Waals surface area (Å²) in [6.07, 6.45) is 30.0. The molecular weight excluding hydrogens is 436 g/mol. The second-order valence-electron chi connectivity index (χ2n) is 10.5. The minimum absolute atomic E-state index is 0.165. The zero-order valence-corrected chi connectivity index (χ0v) is 23.8. The van der Waals surface area contributed by atoms with Crippen LogP contribution in [0.25, 0.3) is 0 Å². The van der Waals surface area contributed by atoms with Gasteiger partial charge in [-0.05, 0) is 12.8 Å². The molecule has 0 aliphatic heterocycles. The Morgan fingerprint density at radius 3 is 1.34 bits per heavy atom. The highest BCUT2D eigenvalue weighted by atomic mass is 16.6. The molecule has 0 saturated heterocycles. The van der Waals surface area contributed by atoms with E-state index in [4.69, 9.17) is 9.47 Å². The van der Waals surface area contributed by atoms with Gasteiger partial charge in [0.2, 0.25) is 0 Å². The molecule has 35 heavy (non-hydrogen) atoms. The number of esters is 1. The summed E-state index contributed by atoms with van der Waals surface area (Å²) in [5.74, 6) is -0.201. The maximum atomic E-state index is 12.0. The van der Waals surface area contributed by atoms with E-state index in [1.165, 1.54) is 128 Å². The van der Waals surface area contributed by atoms with Crippen molar-refractivity contribution in [3.05, 3.63) is 0 Å². The Bertz CT molecular complexity index is 413. The first kappa shape index (κ1) is 34.4. The highest BCUT2D eigenvalue weighted by Crippen LogP contribution is 2.14. The Morgan fingerprint density at radius 2 is 0.943 bits per heavy atom. The Kier molecular flexibility index (Phi) is 29.1. The summed E-state index contributed by atoms with van der Waals surface area (Å²) in [5, 5.41) is 9.44. The molecule has 210 valence electrons. The van der Waals surface area contributed by atoms with Crippen LogP contribution >= 0.6 is 0 Å². The van der Waals surface area contributed by atoms with Crippen LogP contribution in [0.1, 0.15) is 168 Å². The molecule has 0 saturated carbocycles. The summed E-state index contributed by atoms with van der Waals surface area (Å²) in [6, 6.07) is 0. The van der Waals surface area contributed by atoms with E-state index in [0.717, 1.165) is 19.3 Å². The summed E-state index contributed by atoms with van der Waals surface area (Å²) >= 11 is 0. The summed E-state index contributed by atoms with van der Waals surface area (Å²) < 4.78 is 11.0. The minimum Gasteiger partial charge on any atom is -0.457 e. The fraction of sp³-hybridized carbons (Fsp3) is 0.968. The molecule has 1 atom stereocenters. The molecular formula is C31H62O4.